The number of benzene rings is 1. The van der Waals surface area contributed by atoms with Crippen LogP contribution in [-0.2, 0) is 0 Å². The summed E-state index contributed by atoms with van der Waals surface area (Å²) in [5.41, 5.74) is 1.02. The van der Waals surface area contributed by atoms with Crippen LogP contribution in [0.3, 0.4) is 0 Å². The monoisotopic (exact) mass is 242 g/mol. The van der Waals surface area contributed by atoms with E-state index in [2.05, 4.69) is 22.4 Å². The standard InChI is InChI=1S/C15H18N2O/c1-2-13-10-14(3-4-15(13)17-7-1)18-11-12-5-8-16-9-6-12/h1-4,7,10,12,16H,5-6,8-9,11H2. The first kappa shape index (κ1) is 11.5. The normalized spacial score (nSPS) is 16.9. The van der Waals surface area contributed by atoms with Crippen molar-refractivity contribution in [2.45, 2.75) is 12.8 Å². The molecule has 94 valence electrons. The van der Waals surface area contributed by atoms with E-state index >= 15 is 0 Å². The molecular weight excluding hydrogens is 224 g/mol. The molecule has 0 aliphatic carbocycles. The van der Waals surface area contributed by atoms with Crippen LogP contribution >= 0.6 is 0 Å². The molecule has 2 heterocycles. The summed E-state index contributed by atoms with van der Waals surface area (Å²) in [4.78, 5) is 4.31. The van der Waals surface area contributed by atoms with Gasteiger partial charge in [0.15, 0.2) is 0 Å². The van der Waals surface area contributed by atoms with Gasteiger partial charge in [-0.3, -0.25) is 4.98 Å². The van der Waals surface area contributed by atoms with E-state index in [0.29, 0.717) is 5.92 Å². The zero-order chi connectivity index (χ0) is 12.2. The van der Waals surface area contributed by atoms with Crippen LogP contribution in [0.2, 0.25) is 0 Å². The number of fused-ring (bicyclic) bond motifs is 1. The third-order valence-corrected chi connectivity index (χ3v) is 3.52. The molecule has 0 saturated carbocycles. The Labute approximate surface area is 107 Å². The first-order valence-electron chi connectivity index (χ1n) is 6.60. The van der Waals surface area contributed by atoms with E-state index in [9.17, 15) is 0 Å². The molecule has 3 rings (SSSR count). The van der Waals surface area contributed by atoms with Gasteiger partial charge in [-0.25, -0.2) is 0 Å². The highest BCUT2D eigenvalue weighted by atomic mass is 16.5. The maximum atomic E-state index is 5.90. The second kappa shape index (κ2) is 5.36. The highest BCUT2D eigenvalue weighted by molar-refractivity contribution is 5.79. The van der Waals surface area contributed by atoms with Crippen molar-refractivity contribution in [2.75, 3.05) is 19.7 Å². The van der Waals surface area contributed by atoms with Crippen LogP contribution in [-0.4, -0.2) is 24.7 Å². The van der Waals surface area contributed by atoms with E-state index in [1.807, 2.05) is 24.4 Å². The van der Waals surface area contributed by atoms with Crippen molar-refractivity contribution in [3.8, 4) is 5.75 Å². The van der Waals surface area contributed by atoms with Crippen molar-refractivity contribution in [2.24, 2.45) is 5.92 Å². The molecule has 1 fully saturated rings. The van der Waals surface area contributed by atoms with Crippen molar-refractivity contribution in [1.29, 1.82) is 0 Å². The minimum atomic E-state index is 0.691. The lowest BCUT2D eigenvalue weighted by molar-refractivity contribution is 0.215. The van der Waals surface area contributed by atoms with E-state index < -0.39 is 0 Å². The Hall–Kier alpha value is -1.61. The van der Waals surface area contributed by atoms with Gasteiger partial charge in [-0.05, 0) is 56.1 Å². The quantitative estimate of drug-likeness (QED) is 0.898. The summed E-state index contributed by atoms with van der Waals surface area (Å²) in [6.45, 7) is 3.07. The fourth-order valence-electron chi connectivity index (χ4n) is 2.41. The summed E-state index contributed by atoms with van der Waals surface area (Å²) in [6.07, 6.45) is 4.25. The van der Waals surface area contributed by atoms with Crippen LogP contribution < -0.4 is 10.1 Å². The van der Waals surface area contributed by atoms with E-state index in [1.54, 1.807) is 0 Å². The van der Waals surface area contributed by atoms with Crippen molar-refractivity contribution in [1.82, 2.24) is 10.3 Å². The average Bonchev–Trinajstić information content (AvgIpc) is 2.46. The van der Waals surface area contributed by atoms with Crippen molar-refractivity contribution in [3.05, 3.63) is 36.5 Å². The van der Waals surface area contributed by atoms with Crippen LogP contribution in [0.4, 0.5) is 0 Å². The summed E-state index contributed by atoms with van der Waals surface area (Å²) in [7, 11) is 0. The van der Waals surface area contributed by atoms with Crippen LogP contribution in [0.25, 0.3) is 10.9 Å². The third kappa shape index (κ3) is 2.62. The number of hydrogen-bond acceptors (Lipinski definition) is 3. The SMILES string of the molecule is c1cnc2ccc(OCC3CCNCC3)cc2c1. The van der Waals surface area contributed by atoms with Crippen molar-refractivity contribution in [3.63, 3.8) is 0 Å². The second-order valence-corrected chi connectivity index (χ2v) is 4.86. The maximum Gasteiger partial charge on any atom is 0.120 e. The second-order valence-electron chi connectivity index (χ2n) is 4.86. The zero-order valence-electron chi connectivity index (χ0n) is 10.4. The lowest BCUT2D eigenvalue weighted by Crippen LogP contribution is -2.30. The minimum absolute atomic E-state index is 0.691. The molecule has 1 aromatic carbocycles. The number of hydrogen-bond donors (Lipinski definition) is 1. The van der Waals surface area contributed by atoms with Gasteiger partial charge in [0.05, 0.1) is 12.1 Å². The predicted octanol–water partition coefficient (Wildman–Crippen LogP) is 2.61. The first-order chi connectivity index (χ1) is 8.92. The van der Waals surface area contributed by atoms with Gasteiger partial charge in [-0.15, -0.1) is 0 Å². The molecule has 3 heteroatoms. The van der Waals surface area contributed by atoms with Crippen molar-refractivity contribution < 1.29 is 4.74 Å². The van der Waals surface area contributed by atoms with Gasteiger partial charge < -0.3 is 10.1 Å². The number of rotatable bonds is 3. The van der Waals surface area contributed by atoms with Gasteiger partial charge in [0.1, 0.15) is 5.75 Å². The number of nitrogens with zero attached hydrogens (tertiary/aromatic N) is 1. The first-order valence-corrected chi connectivity index (χ1v) is 6.60. The predicted molar refractivity (Wildman–Crippen MR) is 72.8 cm³/mol. The third-order valence-electron chi connectivity index (χ3n) is 3.52. The summed E-state index contributed by atoms with van der Waals surface area (Å²) in [5, 5.41) is 4.51. The summed E-state index contributed by atoms with van der Waals surface area (Å²) < 4.78 is 5.90. The molecule has 1 aliphatic rings. The molecule has 2 aromatic rings. The molecule has 1 saturated heterocycles. The number of ether oxygens (including phenoxy) is 1. The maximum absolute atomic E-state index is 5.90. The molecule has 0 atom stereocenters. The summed E-state index contributed by atoms with van der Waals surface area (Å²) in [6, 6.07) is 10.1. The Morgan fingerprint density at radius 1 is 1.22 bits per heavy atom. The van der Waals surface area contributed by atoms with Gasteiger partial charge in [0, 0.05) is 11.6 Å². The van der Waals surface area contributed by atoms with Gasteiger partial charge in [0.2, 0.25) is 0 Å². The molecule has 1 N–H and O–H groups in total. The van der Waals surface area contributed by atoms with Gasteiger partial charge in [-0.2, -0.15) is 0 Å². The number of pyridine rings is 1. The molecule has 0 unspecified atom stereocenters. The molecule has 0 bridgehead atoms. The Morgan fingerprint density at radius 3 is 3.00 bits per heavy atom. The molecule has 0 amide bonds. The number of piperidine rings is 1. The van der Waals surface area contributed by atoms with E-state index in [0.717, 1.165) is 36.3 Å². The largest absolute Gasteiger partial charge is 0.493 e. The highest BCUT2D eigenvalue weighted by Gasteiger charge is 2.13. The van der Waals surface area contributed by atoms with E-state index in [1.165, 1.54) is 12.8 Å². The molecule has 1 aliphatic heterocycles. The van der Waals surface area contributed by atoms with Gasteiger partial charge >= 0.3 is 0 Å². The molecule has 1 aromatic heterocycles. The van der Waals surface area contributed by atoms with Crippen LogP contribution in [0.5, 0.6) is 5.75 Å². The lowest BCUT2D eigenvalue weighted by Gasteiger charge is -2.22. The van der Waals surface area contributed by atoms with Crippen molar-refractivity contribution >= 4 is 10.9 Å². The van der Waals surface area contributed by atoms with Gasteiger partial charge in [0.25, 0.3) is 0 Å². The Balaban J connectivity index is 1.66. The van der Waals surface area contributed by atoms with Crippen LogP contribution in [0.15, 0.2) is 36.5 Å². The molecule has 18 heavy (non-hydrogen) atoms. The zero-order valence-corrected chi connectivity index (χ0v) is 10.4. The van der Waals surface area contributed by atoms with Gasteiger partial charge in [-0.1, -0.05) is 6.07 Å². The Morgan fingerprint density at radius 2 is 2.11 bits per heavy atom. The van der Waals surface area contributed by atoms with Crippen LogP contribution in [0.1, 0.15) is 12.8 Å². The smallest absolute Gasteiger partial charge is 0.120 e. The number of nitrogens with one attached hydrogen (secondary N) is 1. The molecule has 3 nitrogen and oxygen atoms in total. The summed E-state index contributed by atoms with van der Waals surface area (Å²) in [5.74, 6) is 1.64. The Kier molecular flexibility index (Phi) is 3.42. The van der Waals surface area contributed by atoms with E-state index in [4.69, 9.17) is 4.74 Å². The molecular formula is C15H18N2O. The number of aromatic nitrogens is 1. The topological polar surface area (TPSA) is 34.1 Å². The summed E-state index contributed by atoms with van der Waals surface area (Å²) >= 11 is 0. The Bertz CT molecular complexity index is 521. The molecule has 0 radical (unpaired) electrons. The fraction of sp³-hybridized carbons (Fsp3) is 0.400. The average molecular weight is 242 g/mol. The fourth-order valence-corrected chi connectivity index (χ4v) is 2.41. The minimum Gasteiger partial charge on any atom is -0.493 e. The molecule has 0 spiro atoms. The van der Waals surface area contributed by atoms with Crippen LogP contribution in [0, 0.1) is 5.92 Å². The highest BCUT2D eigenvalue weighted by Crippen LogP contribution is 2.20. The lowest BCUT2D eigenvalue weighted by atomic mass is 9.99. The van der Waals surface area contributed by atoms with E-state index in [-0.39, 0.29) is 0 Å².